The van der Waals surface area contributed by atoms with Gasteiger partial charge in [-0.15, -0.1) is 13.2 Å². The fourth-order valence-electron chi connectivity index (χ4n) is 3.19. The lowest BCUT2D eigenvalue weighted by atomic mass is 9.96. The molecular formula is C22H19F3N4O3. The van der Waals surface area contributed by atoms with Crippen LogP contribution < -0.4 is 15.4 Å². The van der Waals surface area contributed by atoms with Crippen LogP contribution in [-0.2, 0) is 4.79 Å². The number of anilines is 1. The second kappa shape index (κ2) is 8.81. The Morgan fingerprint density at radius 2 is 1.81 bits per heavy atom. The quantitative estimate of drug-likeness (QED) is 0.709. The molecule has 0 saturated heterocycles. The molecule has 2 aromatic rings. The third-order valence-corrected chi connectivity index (χ3v) is 4.93. The minimum absolute atomic E-state index is 0.0175. The number of carbonyl (C=O) groups excluding carboxylic acids is 2. The summed E-state index contributed by atoms with van der Waals surface area (Å²) in [5.41, 5.74) is 1.51. The summed E-state index contributed by atoms with van der Waals surface area (Å²) in [6.07, 6.45) is 1.71. The summed E-state index contributed by atoms with van der Waals surface area (Å²) in [6.45, 7) is 0.394. The number of benzene rings is 1. The Bertz CT molecular complexity index is 1080. The van der Waals surface area contributed by atoms with Crippen LogP contribution in [0.4, 0.5) is 19.0 Å². The highest BCUT2D eigenvalue weighted by molar-refractivity contribution is 6.00. The molecule has 166 valence electrons. The molecule has 2 N–H and O–H groups in total. The van der Waals surface area contributed by atoms with Crippen LogP contribution in [0, 0.1) is 5.92 Å². The number of rotatable bonds is 6. The molecule has 4 rings (SSSR count). The van der Waals surface area contributed by atoms with Crippen LogP contribution in [0.25, 0.3) is 0 Å². The molecule has 0 radical (unpaired) electrons. The van der Waals surface area contributed by atoms with Gasteiger partial charge < -0.3 is 15.4 Å². The Hall–Kier alpha value is -3.69. The molecule has 2 heterocycles. The first-order valence-corrected chi connectivity index (χ1v) is 9.92. The first-order chi connectivity index (χ1) is 15.3. The first-order valence-electron chi connectivity index (χ1n) is 9.92. The van der Waals surface area contributed by atoms with Crippen molar-refractivity contribution in [1.82, 2.24) is 10.3 Å². The maximum Gasteiger partial charge on any atom is 0.573 e. The SMILES string of the molecule is O=C(NC1=CC(c2ccc(OC(F)(F)F)cc2)CN=C1)c1ccnc(NC(=O)C2CC2)c1. The lowest BCUT2D eigenvalue weighted by Crippen LogP contribution is -2.26. The molecule has 7 nitrogen and oxygen atoms in total. The van der Waals surface area contributed by atoms with Crippen LogP contribution in [0.5, 0.6) is 5.75 Å². The number of carbonyl (C=O) groups is 2. The average Bonchev–Trinajstić information content (AvgIpc) is 3.59. The van der Waals surface area contributed by atoms with E-state index >= 15 is 0 Å². The van der Waals surface area contributed by atoms with E-state index in [0.717, 1.165) is 18.4 Å². The van der Waals surface area contributed by atoms with Crippen molar-refractivity contribution in [2.45, 2.75) is 25.1 Å². The summed E-state index contributed by atoms with van der Waals surface area (Å²) in [7, 11) is 0. The number of pyridine rings is 1. The van der Waals surface area contributed by atoms with Gasteiger partial charge in [-0.1, -0.05) is 12.1 Å². The summed E-state index contributed by atoms with van der Waals surface area (Å²) in [4.78, 5) is 32.8. The van der Waals surface area contributed by atoms with E-state index in [2.05, 4.69) is 25.3 Å². The Balaban J connectivity index is 1.41. The number of allylic oxidation sites excluding steroid dienone is 1. The third kappa shape index (κ3) is 5.71. The van der Waals surface area contributed by atoms with Gasteiger partial charge >= 0.3 is 6.36 Å². The maximum atomic E-state index is 12.6. The number of ether oxygens (including phenoxy) is 1. The van der Waals surface area contributed by atoms with Gasteiger partial charge in [0, 0.05) is 36.4 Å². The van der Waals surface area contributed by atoms with E-state index in [1.165, 1.54) is 48.8 Å². The Labute approximate surface area is 181 Å². The number of nitrogens with one attached hydrogen (secondary N) is 2. The molecule has 1 atom stereocenters. The number of halogens is 3. The molecule has 2 amide bonds. The van der Waals surface area contributed by atoms with Gasteiger partial charge in [0.05, 0.1) is 5.70 Å². The van der Waals surface area contributed by atoms with Crippen molar-refractivity contribution in [3.8, 4) is 5.75 Å². The minimum atomic E-state index is -4.75. The summed E-state index contributed by atoms with van der Waals surface area (Å²) >= 11 is 0. The van der Waals surface area contributed by atoms with Gasteiger partial charge in [-0.2, -0.15) is 0 Å². The highest BCUT2D eigenvalue weighted by atomic mass is 19.4. The molecule has 1 aromatic carbocycles. The van der Waals surface area contributed by atoms with E-state index in [0.29, 0.717) is 23.6 Å². The Morgan fingerprint density at radius 3 is 2.50 bits per heavy atom. The van der Waals surface area contributed by atoms with Crippen LogP contribution in [0.1, 0.15) is 34.7 Å². The Morgan fingerprint density at radius 1 is 1.06 bits per heavy atom. The van der Waals surface area contributed by atoms with Gasteiger partial charge in [-0.05, 0) is 48.7 Å². The van der Waals surface area contributed by atoms with Gasteiger partial charge in [0.2, 0.25) is 5.91 Å². The summed E-state index contributed by atoms with van der Waals surface area (Å²) in [5.74, 6) is -0.710. The van der Waals surface area contributed by atoms with Gasteiger partial charge in [0.1, 0.15) is 11.6 Å². The zero-order valence-corrected chi connectivity index (χ0v) is 16.7. The molecule has 1 unspecified atom stereocenters. The van der Waals surface area contributed by atoms with Crippen molar-refractivity contribution >= 4 is 23.8 Å². The minimum Gasteiger partial charge on any atom is -0.406 e. The number of aromatic nitrogens is 1. The summed E-state index contributed by atoms with van der Waals surface area (Å²) in [5, 5.41) is 5.45. The smallest absolute Gasteiger partial charge is 0.406 e. The molecule has 1 fully saturated rings. The largest absolute Gasteiger partial charge is 0.573 e. The molecule has 1 aliphatic carbocycles. The van der Waals surface area contributed by atoms with E-state index in [1.807, 2.05) is 0 Å². The summed E-state index contributed by atoms with van der Waals surface area (Å²) < 4.78 is 40.8. The van der Waals surface area contributed by atoms with E-state index in [4.69, 9.17) is 0 Å². The van der Waals surface area contributed by atoms with Crippen molar-refractivity contribution in [3.63, 3.8) is 0 Å². The van der Waals surface area contributed by atoms with Crippen LogP contribution >= 0.6 is 0 Å². The van der Waals surface area contributed by atoms with E-state index in [1.54, 1.807) is 6.08 Å². The van der Waals surface area contributed by atoms with E-state index < -0.39 is 12.3 Å². The van der Waals surface area contributed by atoms with Crippen molar-refractivity contribution in [1.29, 1.82) is 0 Å². The molecule has 2 aliphatic rings. The zero-order valence-electron chi connectivity index (χ0n) is 16.7. The number of nitrogens with zero attached hydrogens (tertiary/aromatic N) is 2. The van der Waals surface area contributed by atoms with Crippen molar-refractivity contribution in [2.24, 2.45) is 10.9 Å². The Kier molecular flexibility index (Phi) is 5.93. The molecule has 0 spiro atoms. The van der Waals surface area contributed by atoms with Crippen molar-refractivity contribution < 1.29 is 27.5 Å². The van der Waals surface area contributed by atoms with E-state index in [-0.39, 0.29) is 23.5 Å². The number of hydrogen-bond donors (Lipinski definition) is 2. The summed E-state index contributed by atoms with van der Waals surface area (Å²) in [6, 6.07) is 8.55. The predicted molar refractivity (Wildman–Crippen MR) is 110 cm³/mol. The number of aliphatic imine (C=N–C) groups is 1. The molecular weight excluding hydrogens is 425 g/mol. The van der Waals surface area contributed by atoms with Crippen LogP contribution in [0.15, 0.2) is 59.4 Å². The number of alkyl halides is 3. The van der Waals surface area contributed by atoms with Crippen LogP contribution in [0.2, 0.25) is 0 Å². The second-order valence-electron chi connectivity index (χ2n) is 7.49. The van der Waals surface area contributed by atoms with Crippen molar-refractivity contribution in [2.75, 3.05) is 11.9 Å². The second-order valence-corrected chi connectivity index (χ2v) is 7.49. The highest BCUT2D eigenvalue weighted by Crippen LogP contribution is 2.30. The molecule has 1 aliphatic heterocycles. The van der Waals surface area contributed by atoms with Gasteiger partial charge in [-0.25, -0.2) is 4.98 Å². The molecule has 1 aromatic heterocycles. The van der Waals surface area contributed by atoms with Crippen LogP contribution in [0.3, 0.4) is 0 Å². The van der Waals surface area contributed by atoms with Gasteiger partial charge in [0.15, 0.2) is 0 Å². The lowest BCUT2D eigenvalue weighted by molar-refractivity contribution is -0.274. The third-order valence-electron chi connectivity index (χ3n) is 4.93. The fraction of sp³-hybridized carbons (Fsp3) is 0.273. The molecule has 0 bridgehead atoms. The number of hydrogen-bond acceptors (Lipinski definition) is 5. The van der Waals surface area contributed by atoms with Crippen LogP contribution in [-0.4, -0.2) is 35.9 Å². The van der Waals surface area contributed by atoms with Gasteiger partial charge in [-0.3, -0.25) is 14.6 Å². The van der Waals surface area contributed by atoms with Crippen molar-refractivity contribution in [3.05, 3.63) is 65.5 Å². The molecule has 32 heavy (non-hydrogen) atoms. The maximum absolute atomic E-state index is 12.6. The van der Waals surface area contributed by atoms with E-state index in [9.17, 15) is 22.8 Å². The topological polar surface area (TPSA) is 92.7 Å². The fourth-order valence-corrected chi connectivity index (χ4v) is 3.19. The molecule has 10 heteroatoms. The normalized spacial score (nSPS) is 18.0. The lowest BCUT2D eigenvalue weighted by Gasteiger charge is -2.18. The average molecular weight is 444 g/mol. The standard InChI is InChI=1S/C22H19F3N4O3/c23-22(24,25)32-18-5-3-13(4-6-18)16-9-17(12-26-11-16)28-21(31)15-7-8-27-19(10-15)29-20(30)14-1-2-14/h3-10,12,14,16H,1-2,11H2,(H,28,31)(H,27,29,30). The molecule has 1 saturated carbocycles. The monoisotopic (exact) mass is 444 g/mol. The first kappa shape index (κ1) is 21.5. The van der Waals surface area contributed by atoms with Gasteiger partial charge in [0.25, 0.3) is 5.91 Å². The number of amides is 2. The predicted octanol–water partition coefficient (Wildman–Crippen LogP) is 3.81. The highest BCUT2D eigenvalue weighted by Gasteiger charge is 2.31. The number of dihydropyridines is 1. The zero-order chi connectivity index (χ0) is 22.7.